The monoisotopic (exact) mass is 597 g/mol. The molecule has 1 aliphatic heterocycles. The standard InChI is InChI=1S/C35H35NO4S2/c1-37-30-16-19-32-33(24-30)41-35(27-10-12-28(13-11-27)38-25-26-8-4-2-5-9-26)34(32)40-29-14-17-31(18-15-29)42-39-23-22-36-20-6-3-7-21-36/h2,4-5,8-19,24H,3,6-7,20-23,25H2,1H3. The van der Waals surface area contributed by atoms with E-state index in [1.807, 2.05) is 48.5 Å². The van der Waals surface area contributed by atoms with Crippen molar-refractivity contribution in [3.05, 3.63) is 103 Å². The van der Waals surface area contributed by atoms with Crippen LogP contribution >= 0.6 is 23.4 Å². The molecule has 4 aromatic carbocycles. The molecule has 0 radical (unpaired) electrons. The lowest BCUT2D eigenvalue weighted by Gasteiger charge is -2.25. The Morgan fingerprint density at radius 1 is 0.786 bits per heavy atom. The molecule has 0 atom stereocenters. The first-order valence-electron chi connectivity index (χ1n) is 14.4. The van der Waals surface area contributed by atoms with Gasteiger partial charge in [-0.05, 0) is 104 Å². The fourth-order valence-electron chi connectivity index (χ4n) is 5.06. The first kappa shape index (κ1) is 28.6. The summed E-state index contributed by atoms with van der Waals surface area (Å²) in [5, 5.41) is 1.06. The normalized spacial score (nSPS) is 13.7. The van der Waals surface area contributed by atoms with E-state index in [1.54, 1.807) is 18.4 Å². The average molecular weight is 598 g/mol. The molecule has 1 aromatic heterocycles. The number of rotatable bonds is 12. The molecule has 6 rings (SSSR count). The Hall–Kier alpha value is -3.49. The Kier molecular flexibility index (Phi) is 9.62. The molecule has 5 aromatic rings. The Morgan fingerprint density at radius 2 is 1.52 bits per heavy atom. The third kappa shape index (κ3) is 7.28. The number of hydrogen-bond donors (Lipinski definition) is 0. The molecule has 0 amide bonds. The van der Waals surface area contributed by atoms with Crippen molar-refractivity contribution in [3.8, 4) is 33.4 Å². The van der Waals surface area contributed by atoms with Crippen LogP contribution in [0, 0.1) is 0 Å². The molecular formula is C35H35NO4S2. The van der Waals surface area contributed by atoms with Crippen LogP contribution in [0.15, 0.2) is 102 Å². The minimum Gasteiger partial charge on any atom is -0.497 e. The van der Waals surface area contributed by atoms with Gasteiger partial charge < -0.3 is 23.3 Å². The summed E-state index contributed by atoms with van der Waals surface area (Å²) >= 11 is 3.13. The van der Waals surface area contributed by atoms with Gasteiger partial charge in [-0.2, -0.15) is 0 Å². The summed E-state index contributed by atoms with van der Waals surface area (Å²) in [6.45, 7) is 4.64. The molecule has 7 heteroatoms. The number of piperidine rings is 1. The van der Waals surface area contributed by atoms with Gasteiger partial charge in [0, 0.05) is 33.6 Å². The van der Waals surface area contributed by atoms with Crippen molar-refractivity contribution >= 4 is 33.5 Å². The molecule has 5 nitrogen and oxygen atoms in total. The predicted molar refractivity (Wildman–Crippen MR) is 173 cm³/mol. The molecule has 42 heavy (non-hydrogen) atoms. The zero-order chi connectivity index (χ0) is 28.6. The van der Waals surface area contributed by atoms with Crippen molar-refractivity contribution < 1.29 is 18.4 Å². The van der Waals surface area contributed by atoms with E-state index in [2.05, 4.69) is 53.4 Å². The highest BCUT2D eigenvalue weighted by Crippen LogP contribution is 2.47. The summed E-state index contributed by atoms with van der Waals surface area (Å²) in [5.41, 5.74) is 2.22. The summed E-state index contributed by atoms with van der Waals surface area (Å²) in [6, 6.07) is 32.7. The number of benzene rings is 4. The lowest BCUT2D eigenvalue weighted by Crippen LogP contribution is -2.32. The molecule has 1 saturated heterocycles. The molecule has 0 spiro atoms. The van der Waals surface area contributed by atoms with Crippen LogP contribution in [-0.4, -0.2) is 38.3 Å². The van der Waals surface area contributed by atoms with Gasteiger partial charge in [0.25, 0.3) is 0 Å². The maximum atomic E-state index is 6.57. The topological polar surface area (TPSA) is 40.2 Å². The van der Waals surface area contributed by atoms with Gasteiger partial charge in [0.05, 0.1) is 18.6 Å². The van der Waals surface area contributed by atoms with Gasteiger partial charge in [0.15, 0.2) is 5.75 Å². The Morgan fingerprint density at radius 3 is 2.29 bits per heavy atom. The Bertz CT molecular complexity index is 1560. The molecule has 1 aliphatic rings. The van der Waals surface area contributed by atoms with Crippen molar-refractivity contribution in [2.24, 2.45) is 0 Å². The smallest absolute Gasteiger partial charge is 0.153 e. The van der Waals surface area contributed by atoms with E-state index < -0.39 is 0 Å². The lowest BCUT2D eigenvalue weighted by atomic mass is 10.1. The molecule has 0 saturated carbocycles. The summed E-state index contributed by atoms with van der Waals surface area (Å²) in [6.07, 6.45) is 3.96. The van der Waals surface area contributed by atoms with E-state index in [0.29, 0.717) is 6.61 Å². The largest absolute Gasteiger partial charge is 0.497 e. The summed E-state index contributed by atoms with van der Waals surface area (Å²) in [7, 11) is 1.69. The SMILES string of the molecule is COc1ccc2c(Oc3ccc(SOCCN4CCCCC4)cc3)c(-c3ccc(OCc4ccccc4)cc3)sc2c1. The number of thiophene rings is 1. The lowest BCUT2D eigenvalue weighted by molar-refractivity contribution is 0.194. The van der Waals surface area contributed by atoms with Crippen LogP contribution in [0.2, 0.25) is 0 Å². The van der Waals surface area contributed by atoms with Crippen LogP contribution in [0.25, 0.3) is 20.5 Å². The van der Waals surface area contributed by atoms with Crippen molar-refractivity contribution in [1.29, 1.82) is 0 Å². The van der Waals surface area contributed by atoms with E-state index in [9.17, 15) is 0 Å². The highest BCUT2D eigenvalue weighted by Gasteiger charge is 2.18. The fraction of sp³-hybridized carbons (Fsp3) is 0.257. The van der Waals surface area contributed by atoms with Gasteiger partial charge in [-0.3, -0.25) is 0 Å². The molecule has 216 valence electrons. The summed E-state index contributed by atoms with van der Waals surface area (Å²) in [5.74, 6) is 3.29. The fourth-order valence-corrected chi connectivity index (χ4v) is 6.76. The molecule has 0 aliphatic carbocycles. The molecule has 1 fully saturated rings. The third-order valence-electron chi connectivity index (χ3n) is 7.35. The minimum absolute atomic E-state index is 0.537. The number of methoxy groups -OCH3 is 1. The summed E-state index contributed by atoms with van der Waals surface area (Å²) < 4.78 is 25.1. The van der Waals surface area contributed by atoms with Gasteiger partial charge in [0.2, 0.25) is 0 Å². The second kappa shape index (κ2) is 14.1. The first-order valence-corrected chi connectivity index (χ1v) is 16.0. The van der Waals surface area contributed by atoms with Crippen LogP contribution in [0.3, 0.4) is 0 Å². The average Bonchev–Trinajstić information content (AvgIpc) is 3.41. The summed E-state index contributed by atoms with van der Waals surface area (Å²) in [4.78, 5) is 4.62. The molecular weight excluding hydrogens is 563 g/mol. The molecule has 0 unspecified atom stereocenters. The third-order valence-corrected chi connectivity index (χ3v) is 9.29. The Labute approximate surface area is 256 Å². The van der Waals surface area contributed by atoms with E-state index in [1.165, 1.54) is 44.4 Å². The van der Waals surface area contributed by atoms with E-state index in [-0.39, 0.29) is 0 Å². The van der Waals surface area contributed by atoms with E-state index in [4.69, 9.17) is 18.4 Å². The van der Waals surface area contributed by atoms with Gasteiger partial charge in [-0.15, -0.1) is 11.3 Å². The molecule has 0 bridgehead atoms. The van der Waals surface area contributed by atoms with Crippen LogP contribution in [0.1, 0.15) is 24.8 Å². The second-order valence-electron chi connectivity index (χ2n) is 10.3. The Balaban J connectivity index is 1.15. The first-order chi connectivity index (χ1) is 20.7. The number of nitrogens with zero attached hydrogens (tertiary/aromatic N) is 1. The van der Waals surface area contributed by atoms with Gasteiger partial charge in [0.1, 0.15) is 23.9 Å². The molecule has 0 N–H and O–H groups in total. The van der Waals surface area contributed by atoms with Crippen LogP contribution < -0.4 is 14.2 Å². The van der Waals surface area contributed by atoms with Crippen LogP contribution in [0.5, 0.6) is 23.0 Å². The van der Waals surface area contributed by atoms with E-state index in [0.717, 1.165) is 67.1 Å². The zero-order valence-electron chi connectivity index (χ0n) is 23.8. The number of fused-ring (bicyclic) bond motifs is 1. The number of hydrogen-bond acceptors (Lipinski definition) is 7. The highest BCUT2D eigenvalue weighted by atomic mass is 32.2. The molecule has 2 heterocycles. The van der Waals surface area contributed by atoms with Crippen molar-refractivity contribution in [1.82, 2.24) is 4.90 Å². The van der Waals surface area contributed by atoms with Crippen molar-refractivity contribution in [2.45, 2.75) is 30.8 Å². The van der Waals surface area contributed by atoms with Crippen molar-refractivity contribution in [2.75, 3.05) is 33.4 Å². The quantitative estimate of drug-likeness (QED) is 0.105. The van der Waals surface area contributed by atoms with Crippen LogP contribution in [-0.2, 0) is 10.8 Å². The van der Waals surface area contributed by atoms with Crippen molar-refractivity contribution in [3.63, 3.8) is 0 Å². The van der Waals surface area contributed by atoms with Crippen LogP contribution in [0.4, 0.5) is 0 Å². The second-order valence-corrected chi connectivity index (χ2v) is 12.2. The zero-order valence-corrected chi connectivity index (χ0v) is 25.4. The maximum absolute atomic E-state index is 6.57. The van der Waals surface area contributed by atoms with Gasteiger partial charge in [-0.1, -0.05) is 36.8 Å². The minimum atomic E-state index is 0.537. The number of likely N-dealkylation sites (tertiary alicyclic amines) is 1. The number of ether oxygens (including phenoxy) is 3. The highest BCUT2D eigenvalue weighted by molar-refractivity contribution is 7.94. The maximum Gasteiger partial charge on any atom is 0.153 e. The van der Waals surface area contributed by atoms with E-state index >= 15 is 0 Å². The van der Waals surface area contributed by atoms with Gasteiger partial charge in [-0.25, -0.2) is 0 Å². The van der Waals surface area contributed by atoms with Gasteiger partial charge >= 0.3 is 0 Å². The predicted octanol–water partition coefficient (Wildman–Crippen LogP) is 9.46.